The molecule has 1 N–H and O–H groups in total. The Kier molecular flexibility index (Phi) is 4.02. The Hall–Kier alpha value is -2.13. The second-order valence-electron chi connectivity index (χ2n) is 5.45. The number of hydrogen-bond acceptors (Lipinski definition) is 2. The number of nitrogens with zero attached hydrogens (tertiary/aromatic N) is 2. The topological polar surface area (TPSA) is 29.9 Å². The van der Waals surface area contributed by atoms with Gasteiger partial charge in [-0.2, -0.15) is 0 Å². The molecule has 0 fully saturated rings. The standard InChI is InChI=1S/C18H21N3/c1-3-19-12-17-6-4-5-16-7-8-21(18(16)17)13-15-9-14(2)10-20-11-15/h4-11,19H,3,12-13H2,1-2H3. The van der Waals surface area contributed by atoms with Crippen molar-refractivity contribution >= 4 is 10.9 Å². The van der Waals surface area contributed by atoms with E-state index in [1.54, 1.807) is 0 Å². The van der Waals surface area contributed by atoms with Crippen molar-refractivity contribution in [2.24, 2.45) is 0 Å². The maximum atomic E-state index is 4.29. The van der Waals surface area contributed by atoms with Gasteiger partial charge in [0.05, 0.1) is 5.52 Å². The molecule has 0 spiro atoms. The van der Waals surface area contributed by atoms with E-state index in [2.05, 4.69) is 65.2 Å². The number of pyridine rings is 1. The number of aromatic nitrogens is 2. The van der Waals surface area contributed by atoms with E-state index in [0.29, 0.717) is 0 Å². The third-order valence-electron chi connectivity index (χ3n) is 3.72. The number of benzene rings is 1. The van der Waals surface area contributed by atoms with E-state index in [4.69, 9.17) is 0 Å². The van der Waals surface area contributed by atoms with Crippen LogP contribution in [0.1, 0.15) is 23.6 Å². The first kappa shape index (κ1) is 13.8. The molecule has 0 saturated carbocycles. The predicted molar refractivity (Wildman–Crippen MR) is 87.4 cm³/mol. The largest absolute Gasteiger partial charge is 0.343 e. The van der Waals surface area contributed by atoms with Crippen LogP contribution in [-0.2, 0) is 13.1 Å². The van der Waals surface area contributed by atoms with Crippen LogP contribution in [0.5, 0.6) is 0 Å². The Morgan fingerprint density at radius 1 is 1.19 bits per heavy atom. The van der Waals surface area contributed by atoms with Crippen molar-refractivity contribution in [3.8, 4) is 0 Å². The zero-order chi connectivity index (χ0) is 14.7. The molecule has 0 bridgehead atoms. The second-order valence-corrected chi connectivity index (χ2v) is 5.45. The van der Waals surface area contributed by atoms with Gasteiger partial charge < -0.3 is 9.88 Å². The molecular formula is C18H21N3. The summed E-state index contributed by atoms with van der Waals surface area (Å²) < 4.78 is 2.32. The van der Waals surface area contributed by atoms with E-state index in [-0.39, 0.29) is 0 Å². The van der Waals surface area contributed by atoms with Crippen LogP contribution in [0.15, 0.2) is 48.9 Å². The fourth-order valence-electron chi connectivity index (χ4n) is 2.78. The lowest BCUT2D eigenvalue weighted by molar-refractivity contribution is 0.724. The summed E-state index contributed by atoms with van der Waals surface area (Å²) >= 11 is 0. The molecule has 0 aliphatic carbocycles. The average Bonchev–Trinajstić information content (AvgIpc) is 2.89. The zero-order valence-corrected chi connectivity index (χ0v) is 12.6. The molecule has 0 atom stereocenters. The van der Waals surface area contributed by atoms with Gasteiger partial charge in [0.1, 0.15) is 0 Å². The molecule has 0 radical (unpaired) electrons. The van der Waals surface area contributed by atoms with Gasteiger partial charge in [-0.05, 0) is 41.6 Å². The van der Waals surface area contributed by atoms with Gasteiger partial charge in [-0.3, -0.25) is 4.98 Å². The Labute approximate surface area is 125 Å². The summed E-state index contributed by atoms with van der Waals surface area (Å²) in [6.45, 7) is 6.97. The first-order valence-electron chi connectivity index (χ1n) is 7.46. The highest BCUT2D eigenvalue weighted by molar-refractivity contribution is 5.83. The summed E-state index contributed by atoms with van der Waals surface area (Å²) in [5.41, 5.74) is 5.11. The maximum absolute atomic E-state index is 4.29. The second kappa shape index (κ2) is 6.10. The summed E-state index contributed by atoms with van der Waals surface area (Å²) in [5.74, 6) is 0. The molecule has 3 heteroatoms. The maximum Gasteiger partial charge on any atom is 0.0529 e. The summed E-state index contributed by atoms with van der Waals surface area (Å²) in [5, 5.41) is 4.72. The number of fused-ring (bicyclic) bond motifs is 1. The van der Waals surface area contributed by atoms with E-state index in [9.17, 15) is 0 Å². The lowest BCUT2D eigenvalue weighted by Gasteiger charge is -2.11. The Balaban J connectivity index is 1.98. The van der Waals surface area contributed by atoms with Gasteiger partial charge in [-0.1, -0.05) is 31.2 Å². The normalized spacial score (nSPS) is 11.1. The molecular weight excluding hydrogens is 258 g/mol. The highest BCUT2D eigenvalue weighted by Crippen LogP contribution is 2.21. The molecule has 0 aliphatic heterocycles. The first-order chi connectivity index (χ1) is 10.3. The van der Waals surface area contributed by atoms with Crippen molar-refractivity contribution < 1.29 is 0 Å². The average molecular weight is 279 g/mol. The number of hydrogen-bond donors (Lipinski definition) is 1. The van der Waals surface area contributed by atoms with Gasteiger partial charge in [-0.15, -0.1) is 0 Å². The van der Waals surface area contributed by atoms with Crippen molar-refractivity contribution in [2.45, 2.75) is 26.9 Å². The van der Waals surface area contributed by atoms with Crippen LogP contribution in [0.4, 0.5) is 0 Å². The molecule has 0 amide bonds. The minimum absolute atomic E-state index is 0.862. The number of rotatable bonds is 5. The quantitative estimate of drug-likeness (QED) is 0.774. The summed E-state index contributed by atoms with van der Waals surface area (Å²) in [7, 11) is 0. The fraction of sp³-hybridized carbons (Fsp3) is 0.278. The highest BCUT2D eigenvalue weighted by atomic mass is 15.0. The lowest BCUT2D eigenvalue weighted by Crippen LogP contribution is -2.13. The minimum Gasteiger partial charge on any atom is -0.343 e. The van der Waals surface area contributed by atoms with Crippen LogP contribution in [0.2, 0.25) is 0 Å². The lowest BCUT2D eigenvalue weighted by atomic mass is 10.1. The van der Waals surface area contributed by atoms with Crippen LogP contribution in [0.25, 0.3) is 10.9 Å². The number of nitrogens with one attached hydrogen (secondary N) is 1. The van der Waals surface area contributed by atoms with Gasteiger partial charge >= 0.3 is 0 Å². The van der Waals surface area contributed by atoms with Crippen molar-refractivity contribution in [3.63, 3.8) is 0 Å². The Morgan fingerprint density at radius 3 is 2.90 bits per heavy atom. The molecule has 3 aromatic rings. The van der Waals surface area contributed by atoms with Crippen molar-refractivity contribution in [1.82, 2.24) is 14.9 Å². The minimum atomic E-state index is 0.862. The molecule has 1 aromatic carbocycles. The third-order valence-corrected chi connectivity index (χ3v) is 3.72. The van der Waals surface area contributed by atoms with E-state index in [1.807, 2.05) is 12.4 Å². The summed E-state index contributed by atoms with van der Waals surface area (Å²) in [6.07, 6.45) is 6.02. The molecule has 2 heterocycles. The molecule has 21 heavy (non-hydrogen) atoms. The summed E-state index contributed by atoms with van der Waals surface area (Å²) in [6, 6.07) is 10.9. The van der Waals surface area contributed by atoms with E-state index in [0.717, 1.165) is 19.6 Å². The molecule has 0 saturated heterocycles. The van der Waals surface area contributed by atoms with E-state index >= 15 is 0 Å². The summed E-state index contributed by atoms with van der Waals surface area (Å²) in [4.78, 5) is 4.29. The molecule has 2 aromatic heterocycles. The number of aryl methyl sites for hydroxylation is 1. The van der Waals surface area contributed by atoms with Crippen LogP contribution in [-0.4, -0.2) is 16.1 Å². The van der Waals surface area contributed by atoms with Gasteiger partial charge in [0, 0.05) is 31.7 Å². The highest BCUT2D eigenvalue weighted by Gasteiger charge is 2.07. The third kappa shape index (κ3) is 2.98. The van der Waals surface area contributed by atoms with Crippen LogP contribution in [0, 0.1) is 6.92 Å². The Morgan fingerprint density at radius 2 is 2.10 bits per heavy atom. The predicted octanol–water partition coefficient (Wildman–Crippen LogP) is 3.50. The van der Waals surface area contributed by atoms with E-state index < -0.39 is 0 Å². The molecule has 3 rings (SSSR count). The molecule has 0 aliphatic rings. The van der Waals surface area contributed by atoms with Crippen molar-refractivity contribution in [1.29, 1.82) is 0 Å². The van der Waals surface area contributed by atoms with Crippen LogP contribution < -0.4 is 5.32 Å². The monoisotopic (exact) mass is 279 g/mol. The van der Waals surface area contributed by atoms with Crippen LogP contribution in [0.3, 0.4) is 0 Å². The smallest absolute Gasteiger partial charge is 0.0529 e. The SMILES string of the molecule is CCNCc1cccc2ccn(Cc3cncc(C)c3)c12. The van der Waals surface area contributed by atoms with Gasteiger partial charge in [0.2, 0.25) is 0 Å². The van der Waals surface area contributed by atoms with Gasteiger partial charge in [-0.25, -0.2) is 0 Å². The van der Waals surface area contributed by atoms with Gasteiger partial charge in [0.15, 0.2) is 0 Å². The number of para-hydroxylation sites is 1. The zero-order valence-electron chi connectivity index (χ0n) is 12.6. The van der Waals surface area contributed by atoms with Crippen molar-refractivity contribution in [2.75, 3.05) is 6.54 Å². The van der Waals surface area contributed by atoms with Crippen molar-refractivity contribution in [3.05, 3.63) is 65.6 Å². The molecule has 0 unspecified atom stereocenters. The van der Waals surface area contributed by atoms with Gasteiger partial charge in [0.25, 0.3) is 0 Å². The van der Waals surface area contributed by atoms with Crippen LogP contribution >= 0.6 is 0 Å². The van der Waals surface area contributed by atoms with E-state index in [1.165, 1.54) is 27.6 Å². The molecule has 3 nitrogen and oxygen atoms in total. The fourth-order valence-corrected chi connectivity index (χ4v) is 2.78. The molecule has 108 valence electrons. The first-order valence-corrected chi connectivity index (χ1v) is 7.46. The Bertz CT molecular complexity index is 743.